The highest BCUT2D eigenvalue weighted by Gasteiger charge is 2.11. The standard InChI is InChI=1S/C19H22O3/c1-2-3-4-10-15-21-17-13-8-9-14-18(17)22-19(20)16-11-6-5-7-12-16/h5-9,11-14H,2-4,10,15H2,1H3. The van der Waals surface area contributed by atoms with Gasteiger partial charge in [0.2, 0.25) is 0 Å². The number of carbonyl (C=O) groups is 1. The van der Waals surface area contributed by atoms with E-state index in [0.717, 1.165) is 12.8 Å². The molecule has 0 saturated heterocycles. The maximum atomic E-state index is 12.1. The molecule has 0 bridgehead atoms. The van der Waals surface area contributed by atoms with Crippen molar-refractivity contribution < 1.29 is 14.3 Å². The molecule has 2 aromatic rings. The van der Waals surface area contributed by atoms with E-state index in [2.05, 4.69) is 6.92 Å². The van der Waals surface area contributed by atoms with Gasteiger partial charge in [-0.15, -0.1) is 0 Å². The molecule has 0 amide bonds. The van der Waals surface area contributed by atoms with Crippen LogP contribution in [-0.4, -0.2) is 12.6 Å². The van der Waals surface area contributed by atoms with Gasteiger partial charge in [-0.1, -0.05) is 56.5 Å². The van der Waals surface area contributed by atoms with Gasteiger partial charge < -0.3 is 9.47 Å². The molecule has 0 N–H and O–H groups in total. The minimum atomic E-state index is -0.373. The molecule has 0 fully saturated rings. The summed E-state index contributed by atoms with van der Waals surface area (Å²) in [4.78, 5) is 12.1. The normalized spacial score (nSPS) is 10.2. The smallest absolute Gasteiger partial charge is 0.343 e. The summed E-state index contributed by atoms with van der Waals surface area (Å²) in [5.41, 5.74) is 0.528. The average Bonchev–Trinajstić information content (AvgIpc) is 2.57. The first-order chi connectivity index (χ1) is 10.8. The van der Waals surface area contributed by atoms with E-state index in [4.69, 9.17) is 9.47 Å². The van der Waals surface area contributed by atoms with Crippen LogP contribution < -0.4 is 9.47 Å². The fourth-order valence-corrected chi connectivity index (χ4v) is 2.10. The molecule has 0 spiro atoms. The number of benzene rings is 2. The van der Waals surface area contributed by atoms with Gasteiger partial charge >= 0.3 is 5.97 Å². The van der Waals surface area contributed by atoms with E-state index in [1.54, 1.807) is 18.2 Å². The summed E-state index contributed by atoms with van der Waals surface area (Å²) in [6, 6.07) is 16.2. The molecule has 116 valence electrons. The highest BCUT2D eigenvalue weighted by molar-refractivity contribution is 5.91. The summed E-state index contributed by atoms with van der Waals surface area (Å²) in [7, 11) is 0. The molecule has 0 heterocycles. The van der Waals surface area contributed by atoms with Crippen LogP contribution in [0.4, 0.5) is 0 Å². The Kier molecular flexibility index (Phi) is 6.49. The predicted octanol–water partition coefficient (Wildman–Crippen LogP) is 4.86. The monoisotopic (exact) mass is 298 g/mol. The summed E-state index contributed by atoms with van der Waals surface area (Å²) < 4.78 is 11.2. The lowest BCUT2D eigenvalue weighted by Gasteiger charge is -2.11. The molecule has 0 aromatic heterocycles. The number of rotatable bonds is 8. The second-order valence-corrected chi connectivity index (χ2v) is 5.11. The fraction of sp³-hybridized carbons (Fsp3) is 0.316. The Balaban J connectivity index is 1.95. The van der Waals surface area contributed by atoms with Crippen molar-refractivity contribution in [1.82, 2.24) is 0 Å². The van der Waals surface area contributed by atoms with Crippen LogP contribution in [0.2, 0.25) is 0 Å². The highest BCUT2D eigenvalue weighted by atomic mass is 16.6. The Hall–Kier alpha value is -2.29. The van der Waals surface area contributed by atoms with E-state index in [-0.39, 0.29) is 5.97 Å². The van der Waals surface area contributed by atoms with Crippen molar-refractivity contribution in [1.29, 1.82) is 0 Å². The largest absolute Gasteiger partial charge is 0.490 e. The minimum absolute atomic E-state index is 0.373. The van der Waals surface area contributed by atoms with Gasteiger partial charge in [0.05, 0.1) is 12.2 Å². The summed E-state index contributed by atoms with van der Waals surface area (Å²) in [5, 5.41) is 0. The summed E-state index contributed by atoms with van der Waals surface area (Å²) in [6.07, 6.45) is 4.58. The lowest BCUT2D eigenvalue weighted by Crippen LogP contribution is -2.09. The van der Waals surface area contributed by atoms with Crippen molar-refractivity contribution in [3.05, 3.63) is 60.2 Å². The summed E-state index contributed by atoms with van der Waals surface area (Å²) in [6.45, 7) is 2.82. The maximum absolute atomic E-state index is 12.1. The quantitative estimate of drug-likeness (QED) is 0.396. The average molecular weight is 298 g/mol. The van der Waals surface area contributed by atoms with Crippen LogP contribution in [0.1, 0.15) is 43.0 Å². The summed E-state index contributed by atoms with van der Waals surface area (Å²) in [5.74, 6) is 0.706. The Morgan fingerprint density at radius 1 is 0.864 bits per heavy atom. The zero-order chi connectivity index (χ0) is 15.6. The zero-order valence-corrected chi connectivity index (χ0v) is 13.0. The van der Waals surface area contributed by atoms with Crippen LogP contribution in [0.3, 0.4) is 0 Å². The van der Waals surface area contributed by atoms with Gasteiger partial charge in [-0.3, -0.25) is 0 Å². The van der Waals surface area contributed by atoms with Crippen LogP contribution in [0.15, 0.2) is 54.6 Å². The predicted molar refractivity (Wildman–Crippen MR) is 87.5 cm³/mol. The van der Waals surface area contributed by atoms with Crippen LogP contribution in [0.25, 0.3) is 0 Å². The molecule has 0 radical (unpaired) electrons. The van der Waals surface area contributed by atoms with Crippen molar-refractivity contribution in [2.75, 3.05) is 6.61 Å². The van der Waals surface area contributed by atoms with Gasteiger partial charge in [0, 0.05) is 0 Å². The van der Waals surface area contributed by atoms with Gasteiger partial charge in [0.25, 0.3) is 0 Å². The van der Waals surface area contributed by atoms with Crippen LogP contribution >= 0.6 is 0 Å². The van der Waals surface area contributed by atoms with E-state index in [9.17, 15) is 4.79 Å². The van der Waals surface area contributed by atoms with Crippen LogP contribution in [0.5, 0.6) is 11.5 Å². The molecule has 0 aliphatic heterocycles. The van der Waals surface area contributed by atoms with Crippen molar-refractivity contribution >= 4 is 5.97 Å². The molecule has 0 atom stereocenters. The molecule has 0 aliphatic carbocycles. The first kappa shape index (κ1) is 16.1. The molecule has 0 unspecified atom stereocenters. The van der Waals surface area contributed by atoms with E-state index in [1.165, 1.54) is 12.8 Å². The van der Waals surface area contributed by atoms with Gasteiger partial charge in [0.15, 0.2) is 11.5 Å². The lowest BCUT2D eigenvalue weighted by molar-refractivity contribution is 0.0728. The Bertz CT molecular complexity index is 578. The number of ether oxygens (including phenoxy) is 2. The lowest BCUT2D eigenvalue weighted by atomic mass is 10.2. The second-order valence-electron chi connectivity index (χ2n) is 5.11. The SMILES string of the molecule is CCCCCCOc1ccccc1OC(=O)c1ccccc1. The van der Waals surface area contributed by atoms with E-state index in [1.807, 2.05) is 36.4 Å². The maximum Gasteiger partial charge on any atom is 0.343 e. The number of esters is 1. The van der Waals surface area contributed by atoms with E-state index in [0.29, 0.717) is 23.7 Å². The number of hydrogen-bond acceptors (Lipinski definition) is 3. The first-order valence-electron chi connectivity index (χ1n) is 7.80. The Morgan fingerprint density at radius 3 is 2.27 bits per heavy atom. The van der Waals surface area contributed by atoms with Crippen LogP contribution in [0, 0.1) is 0 Å². The van der Waals surface area contributed by atoms with Gasteiger partial charge in [-0.25, -0.2) is 4.79 Å². The third-order valence-electron chi connectivity index (χ3n) is 3.32. The highest BCUT2D eigenvalue weighted by Crippen LogP contribution is 2.27. The second kappa shape index (κ2) is 8.88. The molecular formula is C19H22O3. The van der Waals surface area contributed by atoms with Crippen molar-refractivity contribution in [2.45, 2.75) is 32.6 Å². The van der Waals surface area contributed by atoms with Gasteiger partial charge in [-0.2, -0.15) is 0 Å². The van der Waals surface area contributed by atoms with Crippen LogP contribution in [-0.2, 0) is 0 Å². The number of unbranched alkanes of at least 4 members (excludes halogenated alkanes) is 3. The molecule has 2 rings (SSSR count). The molecular weight excluding hydrogens is 276 g/mol. The zero-order valence-electron chi connectivity index (χ0n) is 13.0. The third kappa shape index (κ3) is 4.92. The number of hydrogen-bond donors (Lipinski definition) is 0. The number of para-hydroxylation sites is 2. The first-order valence-corrected chi connectivity index (χ1v) is 7.80. The van der Waals surface area contributed by atoms with E-state index >= 15 is 0 Å². The molecule has 22 heavy (non-hydrogen) atoms. The molecule has 2 aromatic carbocycles. The fourth-order valence-electron chi connectivity index (χ4n) is 2.10. The minimum Gasteiger partial charge on any atom is -0.490 e. The number of carbonyl (C=O) groups excluding carboxylic acids is 1. The Labute approximate surface area is 131 Å². The van der Waals surface area contributed by atoms with Crippen molar-refractivity contribution in [3.63, 3.8) is 0 Å². The molecule has 3 nitrogen and oxygen atoms in total. The van der Waals surface area contributed by atoms with Gasteiger partial charge in [-0.05, 0) is 30.7 Å². The molecule has 3 heteroatoms. The molecule has 0 saturated carbocycles. The van der Waals surface area contributed by atoms with Gasteiger partial charge in [0.1, 0.15) is 0 Å². The topological polar surface area (TPSA) is 35.5 Å². The molecule has 0 aliphatic rings. The summed E-state index contributed by atoms with van der Waals surface area (Å²) >= 11 is 0. The van der Waals surface area contributed by atoms with Crippen molar-refractivity contribution in [2.24, 2.45) is 0 Å². The van der Waals surface area contributed by atoms with Crippen molar-refractivity contribution in [3.8, 4) is 11.5 Å². The third-order valence-corrected chi connectivity index (χ3v) is 3.32. The van der Waals surface area contributed by atoms with E-state index < -0.39 is 0 Å². The Morgan fingerprint density at radius 2 is 1.55 bits per heavy atom.